The maximum atomic E-state index is 11.2. The number of hydrogen-bond donors (Lipinski definition) is 1. The Morgan fingerprint density at radius 3 is 2.62 bits per heavy atom. The van der Waals surface area contributed by atoms with Gasteiger partial charge in [0.15, 0.2) is 0 Å². The van der Waals surface area contributed by atoms with Gasteiger partial charge in [-0.2, -0.15) is 0 Å². The van der Waals surface area contributed by atoms with Crippen molar-refractivity contribution in [2.75, 3.05) is 27.4 Å². The van der Waals surface area contributed by atoms with Crippen molar-refractivity contribution in [1.82, 2.24) is 5.32 Å². The summed E-state index contributed by atoms with van der Waals surface area (Å²) in [5, 5.41) is 3.07. The van der Waals surface area contributed by atoms with Crippen molar-refractivity contribution >= 4 is 5.97 Å². The maximum absolute atomic E-state index is 11.2. The van der Waals surface area contributed by atoms with Crippen LogP contribution in [0.1, 0.15) is 19.8 Å². The fourth-order valence-corrected chi connectivity index (χ4v) is 1.07. The molecule has 78 valence electrons. The Labute approximate surface area is 79.6 Å². The van der Waals surface area contributed by atoms with Gasteiger partial charge in [-0.3, -0.25) is 4.79 Å². The summed E-state index contributed by atoms with van der Waals surface area (Å²) in [5.74, 6) is -0.196. The highest BCUT2D eigenvalue weighted by Crippen LogP contribution is 1.98. The van der Waals surface area contributed by atoms with Crippen LogP contribution in [-0.4, -0.2) is 39.4 Å². The second-order valence-corrected chi connectivity index (χ2v) is 2.81. The van der Waals surface area contributed by atoms with E-state index >= 15 is 0 Å². The van der Waals surface area contributed by atoms with E-state index in [1.165, 1.54) is 7.11 Å². The first kappa shape index (κ1) is 12.4. The van der Waals surface area contributed by atoms with Crippen LogP contribution in [0.3, 0.4) is 0 Å². The quantitative estimate of drug-likeness (QED) is 0.469. The number of esters is 1. The number of ether oxygens (including phenoxy) is 2. The van der Waals surface area contributed by atoms with E-state index in [-0.39, 0.29) is 12.0 Å². The molecule has 1 N–H and O–H groups in total. The third-order valence-corrected chi connectivity index (χ3v) is 1.76. The minimum Gasteiger partial charge on any atom is -0.468 e. The Kier molecular flexibility index (Phi) is 7.63. The molecule has 0 rings (SSSR count). The molecule has 0 aromatic rings. The predicted molar refractivity (Wildman–Crippen MR) is 50.6 cm³/mol. The second kappa shape index (κ2) is 8.01. The topological polar surface area (TPSA) is 47.6 Å². The molecule has 4 heteroatoms. The molecule has 0 amide bonds. The average Bonchev–Trinajstić information content (AvgIpc) is 2.16. The minimum absolute atomic E-state index is 0.190. The van der Waals surface area contributed by atoms with Crippen molar-refractivity contribution in [1.29, 1.82) is 0 Å². The molecule has 4 nitrogen and oxygen atoms in total. The maximum Gasteiger partial charge on any atom is 0.322 e. The number of carbonyl (C=O) groups is 1. The van der Waals surface area contributed by atoms with Crippen LogP contribution in [0.25, 0.3) is 0 Å². The van der Waals surface area contributed by atoms with Gasteiger partial charge in [-0.1, -0.05) is 13.3 Å². The molecule has 0 spiro atoms. The van der Waals surface area contributed by atoms with Crippen LogP contribution in [0, 0.1) is 0 Å². The number of methoxy groups -OCH3 is 2. The molecule has 0 aliphatic carbocycles. The van der Waals surface area contributed by atoms with Crippen LogP contribution < -0.4 is 5.32 Å². The summed E-state index contributed by atoms with van der Waals surface area (Å²) in [7, 11) is 3.04. The first-order valence-electron chi connectivity index (χ1n) is 4.56. The van der Waals surface area contributed by atoms with Gasteiger partial charge < -0.3 is 14.8 Å². The molecular weight excluding hydrogens is 170 g/mol. The van der Waals surface area contributed by atoms with Gasteiger partial charge in [0, 0.05) is 13.7 Å². The monoisotopic (exact) mass is 189 g/mol. The summed E-state index contributed by atoms with van der Waals surface area (Å²) in [5.41, 5.74) is 0. The van der Waals surface area contributed by atoms with Gasteiger partial charge in [0.2, 0.25) is 0 Å². The van der Waals surface area contributed by atoms with E-state index < -0.39 is 0 Å². The highest BCUT2D eigenvalue weighted by atomic mass is 16.5. The Hall–Kier alpha value is -0.610. The summed E-state index contributed by atoms with van der Waals surface area (Å²) < 4.78 is 9.52. The summed E-state index contributed by atoms with van der Waals surface area (Å²) in [6.45, 7) is 3.32. The van der Waals surface area contributed by atoms with Crippen LogP contribution in [-0.2, 0) is 14.3 Å². The van der Waals surface area contributed by atoms with Gasteiger partial charge in [0.25, 0.3) is 0 Å². The Morgan fingerprint density at radius 2 is 2.15 bits per heavy atom. The van der Waals surface area contributed by atoms with Gasteiger partial charge in [-0.15, -0.1) is 0 Å². The van der Waals surface area contributed by atoms with Gasteiger partial charge in [-0.25, -0.2) is 0 Å². The molecule has 13 heavy (non-hydrogen) atoms. The lowest BCUT2D eigenvalue weighted by Gasteiger charge is -2.14. The van der Waals surface area contributed by atoms with Gasteiger partial charge in [-0.05, 0) is 6.42 Å². The fraction of sp³-hybridized carbons (Fsp3) is 0.889. The number of nitrogens with one attached hydrogen (secondary N) is 1. The van der Waals surface area contributed by atoms with Crippen LogP contribution in [0.4, 0.5) is 0 Å². The second-order valence-electron chi connectivity index (χ2n) is 2.81. The van der Waals surface area contributed by atoms with E-state index in [1.54, 1.807) is 7.11 Å². The average molecular weight is 189 g/mol. The van der Waals surface area contributed by atoms with E-state index in [2.05, 4.69) is 10.1 Å². The van der Waals surface area contributed by atoms with Crippen molar-refractivity contribution in [3.8, 4) is 0 Å². The van der Waals surface area contributed by atoms with Crippen molar-refractivity contribution in [3.05, 3.63) is 0 Å². The van der Waals surface area contributed by atoms with Crippen molar-refractivity contribution in [2.24, 2.45) is 0 Å². The Bertz CT molecular complexity index is 139. The molecular formula is C9H19NO3. The van der Waals surface area contributed by atoms with Gasteiger partial charge >= 0.3 is 5.97 Å². The zero-order chi connectivity index (χ0) is 10.1. The molecule has 1 atom stereocenters. The van der Waals surface area contributed by atoms with Crippen molar-refractivity contribution < 1.29 is 14.3 Å². The summed E-state index contributed by atoms with van der Waals surface area (Å²) in [6, 6.07) is -0.190. The Balaban J connectivity index is 3.73. The number of hydrogen-bond acceptors (Lipinski definition) is 4. The zero-order valence-corrected chi connectivity index (χ0v) is 8.63. The largest absolute Gasteiger partial charge is 0.468 e. The van der Waals surface area contributed by atoms with Gasteiger partial charge in [0.1, 0.15) is 6.04 Å². The first-order chi connectivity index (χ1) is 6.26. The van der Waals surface area contributed by atoms with Crippen molar-refractivity contribution in [2.45, 2.75) is 25.8 Å². The zero-order valence-electron chi connectivity index (χ0n) is 8.63. The molecule has 1 unspecified atom stereocenters. The molecule has 0 aliphatic heterocycles. The lowest BCUT2D eigenvalue weighted by molar-refractivity contribution is -0.143. The SMILES string of the molecule is CCCC(NCCOC)C(=O)OC. The molecule has 0 heterocycles. The molecule has 0 bridgehead atoms. The van der Waals surface area contributed by atoms with E-state index in [1.807, 2.05) is 6.92 Å². The number of rotatable bonds is 7. The summed E-state index contributed by atoms with van der Waals surface area (Å²) in [6.07, 6.45) is 1.76. The molecule has 0 radical (unpaired) electrons. The van der Waals surface area contributed by atoms with E-state index in [0.717, 1.165) is 12.8 Å². The third-order valence-electron chi connectivity index (χ3n) is 1.76. The standard InChI is InChI=1S/C9H19NO3/c1-4-5-8(9(11)13-3)10-6-7-12-2/h8,10H,4-7H2,1-3H3. The normalized spacial score (nSPS) is 12.5. The molecule has 0 aromatic carbocycles. The smallest absolute Gasteiger partial charge is 0.322 e. The summed E-state index contributed by atoms with van der Waals surface area (Å²) >= 11 is 0. The van der Waals surface area contributed by atoms with E-state index in [0.29, 0.717) is 13.2 Å². The summed E-state index contributed by atoms with van der Waals surface area (Å²) in [4.78, 5) is 11.2. The van der Waals surface area contributed by atoms with Crippen LogP contribution in [0.5, 0.6) is 0 Å². The highest BCUT2D eigenvalue weighted by molar-refractivity contribution is 5.75. The fourth-order valence-electron chi connectivity index (χ4n) is 1.07. The van der Waals surface area contributed by atoms with E-state index in [9.17, 15) is 4.79 Å². The Morgan fingerprint density at radius 1 is 1.46 bits per heavy atom. The molecule has 0 fully saturated rings. The van der Waals surface area contributed by atoms with Crippen molar-refractivity contribution in [3.63, 3.8) is 0 Å². The van der Waals surface area contributed by atoms with Crippen LogP contribution >= 0.6 is 0 Å². The molecule has 0 aromatic heterocycles. The lowest BCUT2D eigenvalue weighted by Crippen LogP contribution is -2.39. The predicted octanol–water partition coefficient (Wildman–Crippen LogP) is 0.564. The molecule has 0 aliphatic rings. The van der Waals surface area contributed by atoms with Gasteiger partial charge in [0.05, 0.1) is 13.7 Å². The number of carbonyl (C=O) groups excluding carboxylic acids is 1. The molecule has 0 saturated heterocycles. The minimum atomic E-state index is -0.196. The first-order valence-corrected chi connectivity index (χ1v) is 4.56. The highest BCUT2D eigenvalue weighted by Gasteiger charge is 2.16. The third kappa shape index (κ3) is 5.60. The van der Waals surface area contributed by atoms with E-state index in [4.69, 9.17) is 4.74 Å². The lowest BCUT2D eigenvalue weighted by atomic mass is 10.2. The van der Waals surface area contributed by atoms with Crippen LogP contribution in [0.2, 0.25) is 0 Å². The molecule has 0 saturated carbocycles. The van der Waals surface area contributed by atoms with Crippen LogP contribution in [0.15, 0.2) is 0 Å².